The second-order valence-electron chi connectivity index (χ2n) is 3.46. The molecular weight excluding hydrogens is 230 g/mol. The van der Waals surface area contributed by atoms with E-state index in [2.05, 4.69) is 4.99 Å². The quantitative estimate of drug-likeness (QED) is 0.597. The summed E-state index contributed by atoms with van der Waals surface area (Å²) in [5, 5.41) is 0. The normalized spacial score (nSPS) is 9.33. The number of carbonyl (C=O) groups is 1. The second-order valence-corrected chi connectivity index (χ2v) is 3.46. The van der Waals surface area contributed by atoms with Crippen LogP contribution < -0.4 is 4.74 Å². The lowest BCUT2D eigenvalue weighted by Gasteiger charge is -2.03. The molecule has 0 spiro atoms. The van der Waals surface area contributed by atoms with Crippen LogP contribution in [0.25, 0.3) is 11.1 Å². The Bertz CT molecular complexity index is 584. The summed E-state index contributed by atoms with van der Waals surface area (Å²) in [5.41, 5.74) is 2.08. The van der Waals surface area contributed by atoms with E-state index in [4.69, 9.17) is 4.74 Å². The Balaban J connectivity index is 2.16. The minimum Gasteiger partial charge on any atom is -0.408 e. The Kier molecular flexibility index (Phi) is 3.64. The molecule has 0 aromatic heterocycles. The van der Waals surface area contributed by atoms with E-state index in [0.717, 1.165) is 17.2 Å². The molecule has 0 saturated carbocycles. The third kappa shape index (κ3) is 2.90. The van der Waals surface area contributed by atoms with Crippen LogP contribution in [0, 0.1) is 0 Å². The first-order valence-electron chi connectivity index (χ1n) is 5.25. The fourth-order valence-electron chi connectivity index (χ4n) is 1.51. The molecule has 2 rings (SSSR count). The first-order chi connectivity index (χ1) is 8.79. The Morgan fingerprint density at radius 3 is 2.17 bits per heavy atom. The van der Waals surface area contributed by atoms with Crippen molar-refractivity contribution in [2.24, 2.45) is 4.99 Å². The molecule has 0 unspecified atom stereocenters. The van der Waals surface area contributed by atoms with E-state index in [1.54, 1.807) is 12.1 Å². The second kappa shape index (κ2) is 5.57. The van der Waals surface area contributed by atoms with Gasteiger partial charge in [-0.2, -0.15) is 0 Å². The van der Waals surface area contributed by atoms with Crippen molar-refractivity contribution in [3.05, 3.63) is 54.6 Å². The molecule has 88 valence electrons. The SMILES string of the molecule is O=C=NC(=O)Oc1ccc(-c2ccccc2)cc1. The zero-order chi connectivity index (χ0) is 12.8. The van der Waals surface area contributed by atoms with Gasteiger partial charge in [0.15, 0.2) is 0 Å². The number of amides is 1. The monoisotopic (exact) mass is 239 g/mol. The maximum atomic E-state index is 10.9. The van der Waals surface area contributed by atoms with E-state index < -0.39 is 6.09 Å². The van der Waals surface area contributed by atoms with Gasteiger partial charge in [0.1, 0.15) is 5.75 Å². The highest BCUT2D eigenvalue weighted by molar-refractivity contribution is 5.76. The van der Waals surface area contributed by atoms with Crippen LogP contribution >= 0.6 is 0 Å². The summed E-state index contributed by atoms with van der Waals surface area (Å²) in [4.78, 5) is 23.6. The zero-order valence-electron chi connectivity index (χ0n) is 9.37. The summed E-state index contributed by atoms with van der Waals surface area (Å²) >= 11 is 0. The number of hydrogen-bond donors (Lipinski definition) is 0. The van der Waals surface area contributed by atoms with Crippen molar-refractivity contribution in [3.63, 3.8) is 0 Å². The summed E-state index contributed by atoms with van der Waals surface area (Å²) in [7, 11) is 0. The molecular formula is C14H9NO3. The molecule has 18 heavy (non-hydrogen) atoms. The van der Waals surface area contributed by atoms with E-state index in [-0.39, 0.29) is 0 Å². The van der Waals surface area contributed by atoms with Crippen molar-refractivity contribution in [1.29, 1.82) is 0 Å². The maximum Gasteiger partial charge on any atom is 0.450 e. The van der Waals surface area contributed by atoms with Gasteiger partial charge in [-0.1, -0.05) is 47.5 Å². The van der Waals surface area contributed by atoms with Gasteiger partial charge < -0.3 is 4.74 Å². The fraction of sp³-hybridized carbons (Fsp3) is 0. The summed E-state index contributed by atoms with van der Waals surface area (Å²) in [5.74, 6) is 0.332. The molecule has 0 aliphatic rings. The van der Waals surface area contributed by atoms with Gasteiger partial charge in [-0.15, -0.1) is 0 Å². The lowest BCUT2D eigenvalue weighted by Crippen LogP contribution is -2.00. The fourth-order valence-corrected chi connectivity index (χ4v) is 1.51. The van der Waals surface area contributed by atoms with Crippen LogP contribution in [0.15, 0.2) is 59.6 Å². The van der Waals surface area contributed by atoms with Crippen molar-refractivity contribution < 1.29 is 14.3 Å². The van der Waals surface area contributed by atoms with Gasteiger partial charge in [-0.05, 0) is 23.3 Å². The third-order valence-corrected chi connectivity index (χ3v) is 2.30. The van der Waals surface area contributed by atoms with Crippen molar-refractivity contribution in [3.8, 4) is 16.9 Å². The van der Waals surface area contributed by atoms with Gasteiger partial charge in [0.2, 0.25) is 6.08 Å². The molecule has 0 radical (unpaired) electrons. The van der Waals surface area contributed by atoms with Gasteiger partial charge in [0, 0.05) is 0 Å². The van der Waals surface area contributed by atoms with Crippen LogP contribution in [0.2, 0.25) is 0 Å². The van der Waals surface area contributed by atoms with Crippen LogP contribution in [0.4, 0.5) is 4.79 Å². The minimum absolute atomic E-state index is 0.332. The summed E-state index contributed by atoms with van der Waals surface area (Å²) in [6, 6.07) is 16.7. The molecule has 2 aromatic rings. The lowest BCUT2D eigenvalue weighted by atomic mass is 10.1. The van der Waals surface area contributed by atoms with Crippen LogP contribution in [0.5, 0.6) is 5.75 Å². The standard InChI is InChI=1S/C14H9NO3/c16-10-15-14(17)18-13-8-6-12(7-9-13)11-4-2-1-3-5-11/h1-9H. The number of aliphatic imine (C=N–C) groups is 1. The van der Waals surface area contributed by atoms with Gasteiger partial charge >= 0.3 is 6.09 Å². The Morgan fingerprint density at radius 2 is 1.56 bits per heavy atom. The molecule has 0 saturated heterocycles. The third-order valence-electron chi connectivity index (χ3n) is 2.30. The smallest absolute Gasteiger partial charge is 0.408 e. The molecule has 4 heteroatoms. The molecule has 0 bridgehead atoms. The highest BCUT2D eigenvalue weighted by Crippen LogP contribution is 2.22. The van der Waals surface area contributed by atoms with E-state index >= 15 is 0 Å². The van der Waals surface area contributed by atoms with E-state index in [1.165, 1.54) is 0 Å². The molecule has 0 fully saturated rings. The van der Waals surface area contributed by atoms with Gasteiger partial charge in [-0.25, -0.2) is 9.59 Å². The van der Waals surface area contributed by atoms with Crippen LogP contribution in [-0.4, -0.2) is 12.2 Å². The number of ether oxygens (including phenoxy) is 1. The Hall–Kier alpha value is -2.71. The number of rotatable bonds is 2. The van der Waals surface area contributed by atoms with Gasteiger partial charge in [0.25, 0.3) is 0 Å². The van der Waals surface area contributed by atoms with Crippen molar-refractivity contribution >= 4 is 12.2 Å². The molecule has 2 aromatic carbocycles. The topological polar surface area (TPSA) is 55.7 Å². The molecule has 0 atom stereocenters. The lowest BCUT2D eigenvalue weighted by molar-refractivity contribution is 0.211. The summed E-state index contributed by atoms with van der Waals surface area (Å²) < 4.78 is 4.78. The van der Waals surface area contributed by atoms with Crippen LogP contribution in [0.3, 0.4) is 0 Å². The zero-order valence-corrected chi connectivity index (χ0v) is 9.37. The molecule has 0 aliphatic heterocycles. The van der Waals surface area contributed by atoms with Crippen LogP contribution in [0.1, 0.15) is 0 Å². The highest BCUT2D eigenvalue weighted by atomic mass is 16.5. The number of nitrogens with zero attached hydrogens (tertiary/aromatic N) is 1. The first kappa shape index (κ1) is 11.8. The number of carbonyl (C=O) groups excluding carboxylic acids is 2. The van der Waals surface area contributed by atoms with Crippen LogP contribution in [-0.2, 0) is 4.79 Å². The number of isocyanates is 1. The maximum absolute atomic E-state index is 10.9. The van der Waals surface area contributed by atoms with Gasteiger partial charge in [-0.3, -0.25) is 0 Å². The molecule has 4 nitrogen and oxygen atoms in total. The van der Waals surface area contributed by atoms with E-state index in [9.17, 15) is 9.59 Å². The Labute approximate surface area is 104 Å². The summed E-state index contributed by atoms with van der Waals surface area (Å²) in [6.45, 7) is 0. The predicted octanol–water partition coefficient (Wildman–Crippen LogP) is 3.19. The first-order valence-corrected chi connectivity index (χ1v) is 5.25. The highest BCUT2D eigenvalue weighted by Gasteiger charge is 2.02. The predicted molar refractivity (Wildman–Crippen MR) is 66.0 cm³/mol. The number of hydrogen-bond acceptors (Lipinski definition) is 3. The minimum atomic E-state index is -0.975. The molecule has 0 heterocycles. The average Bonchev–Trinajstić information content (AvgIpc) is 2.41. The number of benzene rings is 2. The molecule has 0 N–H and O–H groups in total. The van der Waals surface area contributed by atoms with Crippen molar-refractivity contribution in [2.75, 3.05) is 0 Å². The van der Waals surface area contributed by atoms with Gasteiger partial charge in [0.05, 0.1) is 0 Å². The van der Waals surface area contributed by atoms with E-state index in [1.807, 2.05) is 42.5 Å². The van der Waals surface area contributed by atoms with Crippen molar-refractivity contribution in [1.82, 2.24) is 0 Å². The summed E-state index contributed by atoms with van der Waals surface area (Å²) in [6.07, 6.45) is 0.151. The van der Waals surface area contributed by atoms with Crippen molar-refractivity contribution in [2.45, 2.75) is 0 Å². The molecule has 1 amide bonds. The van der Waals surface area contributed by atoms with E-state index in [0.29, 0.717) is 5.75 Å². The Morgan fingerprint density at radius 1 is 0.944 bits per heavy atom. The molecule has 0 aliphatic carbocycles. The largest absolute Gasteiger partial charge is 0.450 e. The average molecular weight is 239 g/mol.